The van der Waals surface area contributed by atoms with Crippen molar-refractivity contribution in [3.05, 3.63) is 41.5 Å². The summed E-state index contributed by atoms with van der Waals surface area (Å²) in [7, 11) is 0. The van der Waals surface area contributed by atoms with Crippen LogP contribution in [0.5, 0.6) is 0 Å². The molecular weight excluding hydrogens is 190 g/mol. The fraction of sp³-hybridized carbons (Fsp3) is 0.455. The van der Waals surface area contributed by atoms with Gasteiger partial charge in [0.25, 0.3) is 0 Å². The molecule has 15 heavy (non-hydrogen) atoms. The minimum Gasteiger partial charge on any atom is -0.136 e. The summed E-state index contributed by atoms with van der Waals surface area (Å²) in [6, 6.07) is 0. The molecule has 0 saturated heterocycles. The number of nitrogens with zero attached hydrogens (tertiary/aromatic N) is 3. The van der Waals surface area contributed by atoms with Gasteiger partial charge in [0.05, 0.1) is 0 Å². The number of hydrogen-bond donors (Lipinski definition) is 0. The van der Waals surface area contributed by atoms with Crippen LogP contribution in [0.4, 0.5) is 0 Å². The lowest BCUT2D eigenvalue weighted by atomic mass is 10.2. The molecule has 82 valence electrons. The topological polar surface area (TPSA) is 54.1 Å². The van der Waals surface area contributed by atoms with E-state index in [1.165, 1.54) is 12.6 Å². The number of rotatable bonds is 8. The van der Waals surface area contributed by atoms with Gasteiger partial charge in [0, 0.05) is 6.20 Å². The minimum absolute atomic E-state index is 0.791. The Labute approximate surface area is 90.4 Å². The largest absolute Gasteiger partial charge is 0.136 e. The second-order valence-corrected chi connectivity index (χ2v) is 2.87. The number of nitroso groups, excluding NO2 is 1. The van der Waals surface area contributed by atoms with Crippen LogP contribution in [-0.2, 0) is 0 Å². The molecule has 0 spiro atoms. The molecule has 0 aliphatic rings. The van der Waals surface area contributed by atoms with Crippen molar-refractivity contribution in [2.24, 2.45) is 15.6 Å². The molecule has 4 heteroatoms. The van der Waals surface area contributed by atoms with Crippen molar-refractivity contribution in [2.45, 2.75) is 32.6 Å². The van der Waals surface area contributed by atoms with Gasteiger partial charge in [-0.25, -0.2) is 0 Å². The van der Waals surface area contributed by atoms with E-state index in [1.807, 2.05) is 6.08 Å². The van der Waals surface area contributed by atoms with E-state index in [-0.39, 0.29) is 0 Å². The maximum Gasteiger partial charge on any atom is 0.100 e. The third-order valence-electron chi connectivity index (χ3n) is 1.59. The van der Waals surface area contributed by atoms with Crippen molar-refractivity contribution in [2.75, 3.05) is 0 Å². The first-order valence-corrected chi connectivity index (χ1v) is 5.09. The quantitative estimate of drug-likeness (QED) is 0.253. The zero-order valence-corrected chi connectivity index (χ0v) is 9.04. The molecule has 0 amide bonds. The van der Waals surface area contributed by atoms with E-state index in [2.05, 4.69) is 40.8 Å². The van der Waals surface area contributed by atoms with Gasteiger partial charge in [-0.3, -0.25) is 0 Å². The van der Waals surface area contributed by atoms with Gasteiger partial charge in [-0.05, 0) is 24.5 Å². The summed E-state index contributed by atoms with van der Waals surface area (Å²) in [5.41, 5.74) is 0. The van der Waals surface area contributed by atoms with Crippen molar-refractivity contribution in [1.29, 1.82) is 0 Å². The first-order valence-electron chi connectivity index (χ1n) is 5.09. The summed E-state index contributed by atoms with van der Waals surface area (Å²) in [4.78, 5) is 9.50. The summed E-state index contributed by atoms with van der Waals surface area (Å²) in [6.07, 6.45) is 15.8. The standard InChI is InChI=1S/C11H17N3O/c1-2-3-4-5-6-7-8-9-10-11-12-13-14-15/h4-5,7-8,10-11H,2-3,6,9H2,1H3/b5-4?,8-7?,11-10+,13-12?. The Morgan fingerprint density at radius 2 is 1.67 bits per heavy atom. The molecule has 4 nitrogen and oxygen atoms in total. The Morgan fingerprint density at radius 3 is 2.33 bits per heavy atom. The summed E-state index contributed by atoms with van der Waals surface area (Å²) < 4.78 is 0. The average molecular weight is 207 g/mol. The van der Waals surface area contributed by atoms with Crippen LogP contribution < -0.4 is 0 Å². The van der Waals surface area contributed by atoms with Crippen LogP contribution in [0.1, 0.15) is 32.6 Å². The summed E-state index contributed by atoms with van der Waals surface area (Å²) in [5, 5.41) is 8.52. The highest BCUT2D eigenvalue weighted by molar-refractivity contribution is 4.96. The van der Waals surface area contributed by atoms with Gasteiger partial charge < -0.3 is 0 Å². The van der Waals surface area contributed by atoms with Crippen LogP contribution in [0.15, 0.2) is 52.2 Å². The van der Waals surface area contributed by atoms with Crippen molar-refractivity contribution >= 4 is 0 Å². The zero-order valence-electron chi connectivity index (χ0n) is 9.04. The Morgan fingerprint density at radius 1 is 1.00 bits per heavy atom. The van der Waals surface area contributed by atoms with E-state index >= 15 is 0 Å². The molecule has 0 rings (SSSR count). The van der Waals surface area contributed by atoms with Gasteiger partial charge in [0.2, 0.25) is 0 Å². The molecule has 0 aromatic carbocycles. The van der Waals surface area contributed by atoms with Gasteiger partial charge in [-0.2, -0.15) is 0 Å². The van der Waals surface area contributed by atoms with Crippen molar-refractivity contribution in [1.82, 2.24) is 0 Å². The predicted octanol–water partition coefficient (Wildman–Crippen LogP) is 4.33. The van der Waals surface area contributed by atoms with Gasteiger partial charge >= 0.3 is 0 Å². The molecule has 0 atom stereocenters. The van der Waals surface area contributed by atoms with Crippen molar-refractivity contribution in [3.8, 4) is 0 Å². The van der Waals surface area contributed by atoms with Crippen molar-refractivity contribution < 1.29 is 0 Å². The summed E-state index contributed by atoms with van der Waals surface area (Å²) in [5.74, 6) is 0. The molecule has 0 saturated carbocycles. The first-order chi connectivity index (χ1) is 7.41. The predicted molar refractivity (Wildman–Crippen MR) is 62.2 cm³/mol. The second kappa shape index (κ2) is 12.4. The Balaban J connectivity index is 3.42. The number of unbranched alkanes of at least 4 members (excludes halogenated alkanes) is 1. The highest BCUT2D eigenvalue weighted by Crippen LogP contribution is 1.94. The van der Waals surface area contributed by atoms with E-state index in [0.29, 0.717) is 0 Å². The first kappa shape index (κ1) is 13.4. The van der Waals surface area contributed by atoms with Gasteiger partial charge in [0.15, 0.2) is 0 Å². The average Bonchev–Trinajstić information content (AvgIpc) is 2.26. The normalized spacial score (nSPS) is 12.6. The van der Waals surface area contributed by atoms with Crippen LogP contribution in [0, 0.1) is 4.91 Å². The molecule has 0 aliphatic carbocycles. The number of allylic oxidation sites excluding steroid dienone is 5. The van der Waals surface area contributed by atoms with E-state index < -0.39 is 0 Å². The van der Waals surface area contributed by atoms with E-state index in [4.69, 9.17) is 0 Å². The van der Waals surface area contributed by atoms with Crippen LogP contribution in [0.3, 0.4) is 0 Å². The lowest BCUT2D eigenvalue weighted by Gasteiger charge is -1.84. The van der Waals surface area contributed by atoms with Gasteiger partial charge in [-0.1, -0.05) is 43.7 Å². The zero-order chi connectivity index (χ0) is 11.2. The highest BCUT2D eigenvalue weighted by Gasteiger charge is 1.74. The fourth-order valence-corrected chi connectivity index (χ4v) is 0.889. The summed E-state index contributed by atoms with van der Waals surface area (Å²) in [6.45, 7) is 2.16. The molecule has 0 N–H and O–H groups in total. The lowest BCUT2D eigenvalue weighted by molar-refractivity contribution is 0.954. The lowest BCUT2D eigenvalue weighted by Crippen LogP contribution is -1.63. The second-order valence-electron chi connectivity index (χ2n) is 2.87. The molecule has 0 unspecified atom stereocenters. The highest BCUT2D eigenvalue weighted by atomic mass is 16.3. The number of hydrogen-bond acceptors (Lipinski definition) is 2. The van der Waals surface area contributed by atoms with Crippen LogP contribution in [-0.4, -0.2) is 0 Å². The van der Waals surface area contributed by atoms with Crippen molar-refractivity contribution in [3.63, 3.8) is 0 Å². The maximum absolute atomic E-state index is 9.50. The van der Waals surface area contributed by atoms with E-state index in [1.54, 1.807) is 6.08 Å². The third-order valence-corrected chi connectivity index (χ3v) is 1.59. The van der Waals surface area contributed by atoms with E-state index in [0.717, 1.165) is 19.3 Å². The van der Waals surface area contributed by atoms with Crippen LogP contribution in [0.25, 0.3) is 0 Å². The SMILES string of the molecule is CCCC=CCC=CC/C=C/N=NN=O. The van der Waals surface area contributed by atoms with Crippen LogP contribution in [0.2, 0.25) is 0 Å². The third kappa shape index (κ3) is 12.4. The fourth-order valence-electron chi connectivity index (χ4n) is 0.889. The molecule has 0 heterocycles. The maximum atomic E-state index is 9.50. The molecule has 0 radical (unpaired) electrons. The molecule has 0 aromatic heterocycles. The van der Waals surface area contributed by atoms with Gasteiger partial charge in [0.1, 0.15) is 5.29 Å². The molecular formula is C11H17N3O. The molecule has 0 fully saturated rings. The Bertz CT molecular complexity index is 255. The monoisotopic (exact) mass is 207 g/mol. The molecule has 0 aromatic rings. The van der Waals surface area contributed by atoms with Crippen LogP contribution >= 0.6 is 0 Å². The van der Waals surface area contributed by atoms with E-state index in [9.17, 15) is 4.91 Å². The minimum atomic E-state index is 0.791. The molecule has 0 aliphatic heterocycles. The Hall–Kier alpha value is -1.58. The Kier molecular flexibility index (Phi) is 11.1. The van der Waals surface area contributed by atoms with Gasteiger partial charge in [-0.15, -0.1) is 10.0 Å². The summed E-state index contributed by atoms with van der Waals surface area (Å²) >= 11 is 0. The smallest absolute Gasteiger partial charge is 0.100 e. The molecule has 0 bridgehead atoms.